The van der Waals surface area contributed by atoms with Crippen molar-refractivity contribution in [2.45, 2.75) is 25.3 Å². The van der Waals surface area contributed by atoms with Crippen LogP contribution in [0.15, 0.2) is 47.4 Å². The lowest BCUT2D eigenvalue weighted by molar-refractivity contribution is -0.475. The van der Waals surface area contributed by atoms with Gasteiger partial charge in [-0.1, -0.05) is 23.7 Å². The van der Waals surface area contributed by atoms with Crippen molar-refractivity contribution in [3.63, 3.8) is 0 Å². The molecule has 6 heteroatoms. The Morgan fingerprint density at radius 1 is 1.15 bits per heavy atom. The molecule has 0 saturated heterocycles. The fourth-order valence-corrected chi connectivity index (χ4v) is 4.07. The van der Waals surface area contributed by atoms with Crippen LogP contribution in [0.2, 0.25) is 5.02 Å². The minimum Gasteiger partial charge on any atom is -0.623 e. The second-order valence-electron chi connectivity index (χ2n) is 6.28. The van der Waals surface area contributed by atoms with Crippen molar-refractivity contribution in [2.24, 2.45) is 0 Å². The first kappa shape index (κ1) is 17.2. The highest BCUT2D eigenvalue weighted by molar-refractivity contribution is 7.98. The van der Waals surface area contributed by atoms with Crippen LogP contribution in [0.4, 0.5) is 0 Å². The molecule has 0 aliphatic carbocycles. The summed E-state index contributed by atoms with van der Waals surface area (Å²) in [6.07, 6.45) is 2.03. The lowest BCUT2D eigenvalue weighted by atomic mass is 10.00. The molecule has 0 N–H and O–H groups in total. The van der Waals surface area contributed by atoms with E-state index >= 15 is 0 Å². The lowest BCUT2D eigenvalue weighted by Crippen LogP contribution is -2.18. The van der Waals surface area contributed by atoms with E-state index in [0.29, 0.717) is 10.7 Å². The highest BCUT2D eigenvalue weighted by atomic mass is 35.5. The lowest BCUT2D eigenvalue weighted by Gasteiger charge is -2.14. The highest BCUT2D eigenvalue weighted by Gasteiger charge is 2.29. The van der Waals surface area contributed by atoms with Crippen LogP contribution in [0.1, 0.15) is 28.3 Å². The number of aromatic nitrogens is 2. The topological polar surface area (TPSA) is 43.9 Å². The first-order chi connectivity index (χ1) is 12.5. The fraction of sp³-hybridized carbons (Fsp3) is 0.200. The number of hydrogen-bond donors (Lipinski definition) is 0. The Morgan fingerprint density at radius 2 is 1.92 bits per heavy atom. The van der Waals surface area contributed by atoms with E-state index in [4.69, 9.17) is 11.6 Å². The Balaban J connectivity index is 2.09. The largest absolute Gasteiger partial charge is 0.623 e. The van der Waals surface area contributed by atoms with E-state index in [9.17, 15) is 5.21 Å². The Kier molecular flexibility index (Phi) is 4.29. The fourth-order valence-electron chi connectivity index (χ4n) is 3.41. The summed E-state index contributed by atoms with van der Waals surface area (Å²) in [7, 11) is 0. The Labute approximate surface area is 161 Å². The minimum atomic E-state index is 0.179. The average molecular weight is 384 g/mol. The van der Waals surface area contributed by atoms with E-state index < -0.39 is 0 Å². The maximum absolute atomic E-state index is 13.2. The standard InChI is InChI=1S/C20H18ClN3OS/c1-12-13(2)24-18-9-8-14(26-3)10-16(18)20(23(25)11-19(24)22-12)15-6-4-5-7-17(15)21/h4-10H,11H2,1-3H3. The minimum absolute atomic E-state index is 0.179. The van der Waals surface area contributed by atoms with Crippen molar-refractivity contribution in [3.05, 3.63) is 81.0 Å². The number of rotatable bonds is 2. The summed E-state index contributed by atoms with van der Waals surface area (Å²) in [6.45, 7) is 4.19. The molecular weight excluding hydrogens is 366 g/mol. The molecule has 0 saturated carbocycles. The quantitative estimate of drug-likeness (QED) is 0.365. The zero-order chi connectivity index (χ0) is 18.4. The summed E-state index contributed by atoms with van der Waals surface area (Å²) in [5.41, 5.74) is 5.15. The number of benzene rings is 2. The van der Waals surface area contributed by atoms with Gasteiger partial charge in [-0.25, -0.2) is 4.98 Å². The predicted molar refractivity (Wildman–Crippen MR) is 107 cm³/mol. The molecule has 0 atom stereocenters. The summed E-state index contributed by atoms with van der Waals surface area (Å²) < 4.78 is 3.10. The van der Waals surface area contributed by atoms with Crippen molar-refractivity contribution in [3.8, 4) is 5.69 Å². The molecule has 0 unspecified atom stereocenters. The number of fused-ring (bicyclic) bond motifs is 3. The molecule has 132 valence electrons. The third kappa shape index (κ3) is 2.63. The molecule has 4 nitrogen and oxygen atoms in total. The Hall–Kier alpha value is -2.24. The molecular formula is C20H18ClN3OS. The zero-order valence-corrected chi connectivity index (χ0v) is 16.4. The molecule has 26 heavy (non-hydrogen) atoms. The average Bonchev–Trinajstić information content (AvgIpc) is 2.83. The summed E-state index contributed by atoms with van der Waals surface area (Å²) in [6, 6.07) is 13.7. The van der Waals surface area contributed by atoms with Gasteiger partial charge < -0.3 is 5.21 Å². The van der Waals surface area contributed by atoms with Crippen molar-refractivity contribution in [1.29, 1.82) is 0 Å². The molecule has 1 aliphatic rings. The van der Waals surface area contributed by atoms with Gasteiger partial charge in [0.05, 0.1) is 27.5 Å². The van der Waals surface area contributed by atoms with Crippen LogP contribution in [-0.2, 0) is 6.54 Å². The van der Waals surface area contributed by atoms with Gasteiger partial charge >= 0.3 is 0 Å². The smallest absolute Gasteiger partial charge is 0.229 e. The van der Waals surface area contributed by atoms with Crippen LogP contribution in [0.5, 0.6) is 0 Å². The molecule has 0 amide bonds. The van der Waals surface area contributed by atoms with Crippen LogP contribution in [0, 0.1) is 19.1 Å². The number of imidazole rings is 1. The van der Waals surface area contributed by atoms with Crippen LogP contribution >= 0.6 is 23.4 Å². The molecule has 1 aromatic heterocycles. The molecule has 0 spiro atoms. The van der Waals surface area contributed by atoms with Crippen molar-refractivity contribution >= 4 is 29.1 Å². The SMILES string of the molecule is CSc1ccc2c(c1)C(c1ccccc1Cl)=[N+]([O-])Cc1nc(C)c(C)n1-2. The highest BCUT2D eigenvalue weighted by Crippen LogP contribution is 2.31. The van der Waals surface area contributed by atoms with Crippen molar-refractivity contribution in [1.82, 2.24) is 9.55 Å². The zero-order valence-electron chi connectivity index (χ0n) is 14.8. The van der Waals surface area contributed by atoms with Gasteiger partial charge in [-0.2, -0.15) is 4.74 Å². The molecule has 0 radical (unpaired) electrons. The first-order valence-corrected chi connectivity index (χ1v) is 9.91. The summed E-state index contributed by atoms with van der Waals surface area (Å²) >= 11 is 8.09. The van der Waals surface area contributed by atoms with Crippen molar-refractivity contribution in [2.75, 3.05) is 6.26 Å². The monoisotopic (exact) mass is 383 g/mol. The Morgan fingerprint density at radius 3 is 2.65 bits per heavy atom. The van der Waals surface area contributed by atoms with Crippen LogP contribution < -0.4 is 0 Å². The van der Waals surface area contributed by atoms with E-state index in [0.717, 1.165) is 43.7 Å². The summed E-state index contributed by atoms with van der Waals surface area (Å²) in [5.74, 6) is 0.746. The number of thioether (sulfide) groups is 1. The second-order valence-corrected chi connectivity index (χ2v) is 7.57. The van der Waals surface area contributed by atoms with Gasteiger partial charge in [0.1, 0.15) is 0 Å². The van der Waals surface area contributed by atoms with Gasteiger partial charge in [-0.15, -0.1) is 11.8 Å². The number of hydrogen-bond acceptors (Lipinski definition) is 3. The summed E-state index contributed by atoms with van der Waals surface area (Å²) in [4.78, 5) is 5.72. The second kappa shape index (κ2) is 6.49. The third-order valence-corrected chi connectivity index (χ3v) is 5.83. The van der Waals surface area contributed by atoms with Crippen molar-refractivity contribution < 1.29 is 4.74 Å². The molecule has 3 aromatic rings. The van der Waals surface area contributed by atoms with Gasteiger partial charge in [-0.05, 0) is 50.4 Å². The maximum Gasteiger partial charge on any atom is 0.229 e. The van der Waals surface area contributed by atoms with E-state index in [1.165, 1.54) is 0 Å². The van der Waals surface area contributed by atoms with Crippen LogP contribution in [0.25, 0.3) is 5.69 Å². The van der Waals surface area contributed by atoms with Crippen LogP contribution in [-0.4, -0.2) is 26.3 Å². The Bertz CT molecular complexity index is 1060. The van der Waals surface area contributed by atoms with E-state index in [1.54, 1.807) is 11.8 Å². The molecule has 1 aliphatic heterocycles. The maximum atomic E-state index is 13.2. The van der Waals surface area contributed by atoms with Gasteiger partial charge in [0, 0.05) is 10.6 Å². The molecule has 0 bridgehead atoms. The van der Waals surface area contributed by atoms with Gasteiger partial charge in [0.25, 0.3) is 0 Å². The normalized spacial score (nSPS) is 13.4. The number of aryl methyl sites for hydroxylation is 1. The predicted octanol–water partition coefficient (Wildman–Crippen LogP) is 4.73. The number of nitrogens with zero attached hydrogens (tertiary/aromatic N) is 3. The molecule has 4 rings (SSSR count). The van der Waals surface area contributed by atoms with E-state index in [-0.39, 0.29) is 6.54 Å². The molecule has 0 fully saturated rings. The molecule has 2 aromatic carbocycles. The van der Waals surface area contributed by atoms with Gasteiger partial charge in [-0.3, -0.25) is 4.57 Å². The van der Waals surface area contributed by atoms with Gasteiger partial charge in [0.2, 0.25) is 12.3 Å². The first-order valence-electron chi connectivity index (χ1n) is 8.31. The van der Waals surface area contributed by atoms with Gasteiger partial charge in [0.15, 0.2) is 5.82 Å². The van der Waals surface area contributed by atoms with E-state index in [2.05, 4.69) is 27.8 Å². The summed E-state index contributed by atoms with van der Waals surface area (Å²) in [5, 5.41) is 13.7. The number of halogens is 1. The molecule has 2 heterocycles. The number of hydroxylamine groups is 1. The van der Waals surface area contributed by atoms with Crippen LogP contribution in [0.3, 0.4) is 0 Å². The third-order valence-electron chi connectivity index (χ3n) is 4.78. The van der Waals surface area contributed by atoms with E-state index in [1.807, 2.05) is 44.4 Å².